The fraction of sp³-hybridized carbons (Fsp3) is 0.308. The maximum absolute atomic E-state index is 12.3. The lowest BCUT2D eigenvalue weighted by molar-refractivity contribution is 0.237. The van der Waals surface area contributed by atoms with Crippen LogP contribution < -0.4 is 10.6 Å². The summed E-state index contributed by atoms with van der Waals surface area (Å²) in [5.41, 5.74) is 4.18. The van der Waals surface area contributed by atoms with Crippen LogP contribution >= 0.6 is 0 Å². The predicted octanol–water partition coefficient (Wildman–Crippen LogP) is 2.49. The fourth-order valence-electron chi connectivity index (χ4n) is 3.74. The first kappa shape index (κ1) is 25.9. The van der Waals surface area contributed by atoms with E-state index in [1.54, 1.807) is 18.5 Å². The van der Waals surface area contributed by atoms with E-state index in [1.807, 2.05) is 49.4 Å². The van der Waals surface area contributed by atoms with Crippen LogP contribution in [-0.2, 0) is 19.3 Å². The monoisotopic (exact) mass is 471 g/mol. The van der Waals surface area contributed by atoms with Gasteiger partial charge in [-0.25, -0.2) is 14.8 Å². The van der Waals surface area contributed by atoms with Gasteiger partial charge >= 0.3 is 13.1 Å². The van der Waals surface area contributed by atoms with Gasteiger partial charge in [0.05, 0.1) is 12.0 Å². The number of amides is 2. The molecule has 8 nitrogen and oxygen atoms in total. The number of aromatic nitrogens is 2. The highest BCUT2D eigenvalue weighted by Gasteiger charge is 2.25. The summed E-state index contributed by atoms with van der Waals surface area (Å²) in [7, 11) is -1.67. The minimum Gasteiger partial charge on any atom is -0.426 e. The summed E-state index contributed by atoms with van der Waals surface area (Å²) in [5.74, 6) is -0.641. The van der Waals surface area contributed by atoms with E-state index in [0.717, 1.165) is 22.3 Å². The Kier molecular flexibility index (Phi) is 9.78. The molecule has 2 amide bonds. The summed E-state index contributed by atoms with van der Waals surface area (Å²) in [6.45, 7) is 2.37. The zero-order valence-corrected chi connectivity index (χ0v) is 19.8. The molecule has 2 aromatic carbocycles. The number of nitriles is 1. The van der Waals surface area contributed by atoms with Crippen molar-refractivity contribution in [1.29, 1.82) is 5.26 Å². The van der Waals surface area contributed by atoms with Gasteiger partial charge in [-0.15, -0.1) is 0 Å². The molecule has 180 valence electrons. The van der Waals surface area contributed by atoms with Crippen LogP contribution in [0.1, 0.15) is 40.4 Å². The highest BCUT2D eigenvalue weighted by atomic mass is 16.4. The van der Waals surface area contributed by atoms with Gasteiger partial charge in [0.15, 0.2) is 0 Å². The molecule has 0 saturated carbocycles. The van der Waals surface area contributed by atoms with Crippen LogP contribution in [0.5, 0.6) is 0 Å². The SMILES string of the molecule is Cc1ccc(C[C@H](NC(=O)NCCc2cccc(CCC(C#N)c3ncccn3)c2)B(O)O)cc1. The van der Waals surface area contributed by atoms with Gasteiger partial charge in [-0.1, -0.05) is 54.1 Å². The standard InChI is InChI=1S/C26H30BN5O3/c1-19-6-8-22(9-7-19)17-24(27(34)35)32-26(33)31-15-12-21-5-2-4-20(16-21)10-11-23(18-28)25-29-13-3-14-30-25/h2-9,13-14,16,23-24,34-35H,10-12,15,17H2,1H3,(H2,31,32,33)/t23?,24-/m0/s1. The Morgan fingerprint density at radius 3 is 2.37 bits per heavy atom. The summed E-state index contributed by atoms with van der Waals surface area (Å²) in [6, 6.07) is 19.3. The second kappa shape index (κ2) is 13.2. The Morgan fingerprint density at radius 1 is 1.03 bits per heavy atom. The van der Waals surface area contributed by atoms with Crippen molar-refractivity contribution in [1.82, 2.24) is 20.6 Å². The summed E-state index contributed by atoms with van der Waals surface area (Å²) in [4.78, 5) is 20.7. The minimum absolute atomic E-state index is 0.311. The van der Waals surface area contributed by atoms with Gasteiger partial charge in [0.25, 0.3) is 0 Å². The van der Waals surface area contributed by atoms with Gasteiger partial charge in [-0.2, -0.15) is 5.26 Å². The average Bonchev–Trinajstić information content (AvgIpc) is 2.86. The Balaban J connectivity index is 1.46. The maximum Gasteiger partial charge on any atom is 0.475 e. The summed E-state index contributed by atoms with van der Waals surface area (Å²) < 4.78 is 0. The number of benzene rings is 2. The van der Waals surface area contributed by atoms with Gasteiger partial charge in [-0.3, -0.25) is 0 Å². The van der Waals surface area contributed by atoms with Crippen molar-refractivity contribution >= 4 is 13.1 Å². The number of carbonyl (C=O) groups excluding carboxylic acids is 1. The van der Waals surface area contributed by atoms with Crippen LogP contribution in [0.2, 0.25) is 0 Å². The zero-order chi connectivity index (χ0) is 25.0. The molecule has 1 aromatic heterocycles. The molecule has 4 N–H and O–H groups in total. The van der Waals surface area contributed by atoms with Crippen LogP contribution in [-0.4, -0.2) is 45.7 Å². The molecule has 0 fully saturated rings. The lowest BCUT2D eigenvalue weighted by Crippen LogP contribution is -2.51. The van der Waals surface area contributed by atoms with Crippen molar-refractivity contribution in [2.45, 2.75) is 44.5 Å². The van der Waals surface area contributed by atoms with Crippen LogP contribution in [0.4, 0.5) is 4.79 Å². The van der Waals surface area contributed by atoms with E-state index in [0.29, 0.717) is 38.1 Å². The van der Waals surface area contributed by atoms with Crippen molar-refractivity contribution in [3.8, 4) is 6.07 Å². The summed E-state index contributed by atoms with van der Waals surface area (Å²) in [6.07, 6.45) is 5.55. The van der Waals surface area contributed by atoms with E-state index in [1.165, 1.54) is 0 Å². The topological polar surface area (TPSA) is 131 Å². The number of nitrogens with zero attached hydrogens (tertiary/aromatic N) is 3. The number of urea groups is 1. The van der Waals surface area contributed by atoms with Crippen LogP contribution in [0.15, 0.2) is 67.0 Å². The van der Waals surface area contributed by atoms with E-state index < -0.39 is 19.1 Å². The van der Waals surface area contributed by atoms with Crippen molar-refractivity contribution in [3.63, 3.8) is 0 Å². The predicted molar refractivity (Wildman–Crippen MR) is 134 cm³/mol. The normalized spacial score (nSPS) is 12.3. The van der Waals surface area contributed by atoms with E-state index in [4.69, 9.17) is 0 Å². The van der Waals surface area contributed by atoms with Crippen LogP contribution in [0.25, 0.3) is 0 Å². The van der Waals surface area contributed by atoms with Gasteiger partial charge in [-0.05, 0) is 55.4 Å². The van der Waals surface area contributed by atoms with Gasteiger partial charge in [0.1, 0.15) is 11.7 Å². The summed E-state index contributed by atoms with van der Waals surface area (Å²) >= 11 is 0. The molecule has 9 heteroatoms. The van der Waals surface area contributed by atoms with Crippen molar-refractivity contribution in [2.75, 3.05) is 6.54 Å². The average molecular weight is 471 g/mol. The minimum atomic E-state index is -1.67. The molecule has 0 spiro atoms. The Bertz CT molecular complexity index is 1120. The first-order chi connectivity index (χ1) is 16.9. The molecule has 0 aliphatic carbocycles. The molecule has 3 rings (SSSR count). The number of aryl methyl sites for hydroxylation is 2. The molecule has 0 bridgehead atoms. The molecule has 35 heavy (non-hydrogen) atoms. The second-order valence-corrected chi connectivity index (χ2v) is 8.51. The quantitative estimate of drug-likeness (QED) is 0.318. The van der Waals surface area contributed by atoms with Crippen LogP contribution in [0, 0.1) is 18.3 Å². The van der Waals surface area contributed by atoms with Gasteiger partial charge in [0, 0.05) is 18.9 Å². The van der Waals surface area contributed by atoms with Gasteiger partial charge < -0.3 is 20.7 Å². The molecule has 3 aromatic rings. The molecule has 0 aliphatic heterocycles. The van der Waals surface area contributed by atoms with Crippen molar-refractivity contribution in [3.05, 3.63) is 95.1 Å². The summed E-state index contributed by atoms with van der Waals surface area (Å²) in [5, 5.41) is 34.2. The van der Waals surface area contributed by atoms with E-state index in [-0.39, 0.29) is 5.92 Å². The number of hydrogen-bond donors (Lipinski definition) is 4. The molecule has 0 radical (unpaired) electrons. The molecular weight excluding hydrogens is 441 g/mol. The lowest BCUT2D eigenvalue weighted by Gasteiger charge is -2.18. The number of rotatable bonds is 11. The van der Waals surface area contributed by atoms with Crippen molar-refractivity contribution < 1.29 is 14.8 Å². The number of carbonyl (C=O) groups is 1. The third kappa shape index (κ3) is 8.52. The van der Waals surface area contributed by atoms with E-state index in [9.17, 15) is 20.1 Å². The molecule has 1 heterocycles. The fourth-order valence-corrected chi connectivity index (χ4v) is 3.74. The first-order valence-electron chi connectivity index (χ1n) is 11.6. The Hall–Kier alpha value is -3.74. The highest BCUT2D eigenvalue weighted by molar-refractivity contribution is 6.43. The van der Waals surface area contributed by atoms with Crippen molar-refractivity contribution in [2.24, 2.45) is 0 Å². The highest BCUT2D eigenvalue weighted by Crippen LogP contribution is 2.18. The Morgan fingerprint density at radius 2 is 1.71 bits per heavy atom. The van der Waals surface area contributed by atoms with E-state index in [2.05, 4.69) is 32.7 Å². The van der Waals surface area contributed by atoms with Crippen LogP contribution in [0.3, 0.4) is 0 Å². The number of hydrogen-bond acceptors (Lipinski definition) is 6. The number of nitrogens with one attached hydrogen (secondary N) is 2. The first-order valence-corrected chi connectivity index (χ1v) is 11.6. The second-order valence-electron chi connectivity index (χ2n) is 8.51. The molecular formula is C26H30BN5O3. The molecule has 0 saturated heterocycles. The third-order valence-corrected chi connectivity index (χ3v) is 5.72. The third-order valence-electron chi connectivity index (χ3n) is 5.72. The maximum atomic E-state index is 12.3. The zero-order valence-electron chi connectivity index (χ0n) is 19.8. The van der Waals surface area contributed by atoms with E-state index >= 15 is 0 Å². The van der Waals surface area contributed by atoms with Gasteiger partial charge in [0.2, 0.25) is 0 Å². The lowest BCUT2D eigenvalue weighted by atomic mass is 9.76. The molecule has 0 aliphatic rings. The molecule has 2 atom stereocenters. The largest absolute Gasteiger partial charge is 0.475 e. The Labute approximate surface area is 206 Å². The molecule has 1 unspecified atom stereocenters. The smallest absolute Gasteiger partial charge is 0.426 e.